The van der Waals surface area contributed by atoms with Crippen LogP contribution in [0.3, 0.4) is 0 Å². The lowest BCUT2D eigenvalue weighted by Crippen LogP contribution is -2.19. The minimum absolute atomic E-state index is 0.351. The van der Waals surface area contributed by atoms with Crippen LogP contribution in [0.2, 0.25) is 0 Å². The molecule has 0 radical (unpaired) electrons. The smallest absolute Gasteiger partial charge is 0.101 e. The number of aliphatic hydroxyl groups excluding tert-OH is 1. The number of benzene rings is 1. The van der Waals surface area contributed by atoms with Gasteiger partial charge in [-0.1, -0.05) is 25.5 Å². The summed E-state index contributed by atoms with van der Waals surface area (Å²) in [6, 6.07) is 7.74. The summed E-state index contributed by atoms with van der Waals surface area (Å²) < 4.78 is 0. The van der Waals surface area contributed by atoms with Gasteiger partial charge in [0.2, 0.25) is 0 Å². The van der Waals surface area contributed by atoms with Crippen LogP contribution in [-0.4, -0.2) is 17.8 Å². The Hall–Kier alpha value is -1.53. The highest BCUT2D eigenvalue weighted by Crippen LogP contribution is 2.19. The molecule has 0 saturated carbocycles. The average molecular weight is 218 g/mol. The first-order chi connectivity index (χ1) is 7.69. The van der Waals surface area contributed by atoms with Gasteiger partial charge in [0.1, 0.15) is 6.07 Å². The lowest BCUT2D eigenvalue weighted by atomic mass is 10.1. The van der Waals surface area contributed by atoms with Crippen molar-refractivity contribution >= 4 is 5.69 Å². The Labute approximate surface area is 96.7 Å². The maximum absolute atomic E-state index is 9.62. The number of nitriles is 1. The third-order valence-corrected chi connectivity index (χ3v) is 2.53. The molecule has 0 bridgehead atoms. The fraction of sp³-hybridized carbons (Fsp3) is 0.462. The normalized spacial score (nSPS) is 11.9. The highest BCUT2D eigenvalue weighted by atomic mass is 16.3. The zero-order chi connectivity index (χ0) is 12.0. The third-order valence-electron chi connectivity index (χ3n) is 2.53. The van der Waals surface area contributed by atoms with Gasteiger partial charge < -0.3 is 10.4 Å². The molecule has 0 aliphatic carbocycles. The van der Waals surface area contributed by atoms with Crippen molar-refractivity contribution in [2.45, 2.75) is 32.8 Å². The lowest BCUT2D eigenvalue weighted by molar-refractivity contribution is 0.176. The van der Waals surface area contributed by atoms with Crippen LogP contribution in [0.15, 0.2) is 18.2 Å². The van der Waals surface area contributed by atoms with Crippen LogP contribution in [0.5, 0.6) is 0 Å². The van der Waals surface area contributed by atoms with Gasteiger partial charge in [0.05, 0.1) is 17.4 Å². The second-order valence-electron chi connectivity index (χ2n) is 3.93. The lowest BCUT2D eigenvalue weighted by Gasteiger charge is -2.14. The summed E-state index contributed by atoms with van der Waals surface area (Å²) in [5, 5.41) is 21.7. The molecule has 1 unspecified atom stereocenters. The number of hydrogen-bond acceptors (Lipinski definition) is 3. The molecule has 0 fully saturated rings. The van der Waals surface area contributed by atoms with Crippen LogP contribution >= 0.6 is 0 Å². The van der Waals surface area contributed by atoms with Crippen LogP contribution in [0.25, 0.3) is 0 Å². The van der Waals surface area contributed by atoms with Crippen LogP contribution in [0.4, 0.5) is 5.69 Å². The van der Waals surface area contributed by atoms with E-state index in [9.17, 15) is 5.11 Å². The van der Waals surface area contributed by atoms with E-state index in [0.717, 1.165) is 24.1 Å². The number of aliphatic hydroxyl groups is 1. The number of rotatable bonds is 5. The van der Waals surface area contributed by atoms with Crippen molar-refractivity contribution in [1.82, 2.24) is 0 Å². The van der Waals surface area contributed by atoms with E-state index < -0.39 is 0 Å². The first-order valence-corrected chi connectivity index (χ1v) is 5.60. The zero-order valence-electron chi connectivity index (χ0n) is 9.83. The van der Waals surface area contributed by atoms with Gasteiger partial charge in [-0.05, 0) is 25.0 Å². The van der Waals surface area contributed by atoms with E-state index >= 15 is 0 Å². The standard InChI is InChI=1S/C13H18N2O/c1-3-5-12(16)9-15-13-10(2)6-4-7-11(13)8-14/h4,6-7,12,15-16H,3,5,9H2,1-2H3. The van der Waals surface area contributed by atoms with E-state index in [1.165, 1.54) is 0 Å². The maximum atomic E-state index is 9.62. The Morgan fingerprint density at radius 2 is 2.25 bits per heavy atom. The molecule has 16 heavy (non-hydrogen) atoms. The van der Waals surface area contributed by atoms with Gasteiger partial charge in [0.15, 0.2) is 0 Å². The van der Waals surface area contributed by atoms with Crippen molar-refractivity contribution in [3.05, 3.63) is 29.3 Å². The van der Waals surface area contributed by atoms with Gasteiger partial charge in [-0.15, -0.1) is 0 Å². The Balaban J connectivity index is 2.70. The van der Waals surface area contributed by atoms with Gasteiger partial charge in [-0.25, -0.2) is 0 Å². The highest BCUT2D eigenvalue weighted by Gasteiger charge is 2.07. The fourth-order valence-corrected chi connectivity index (χ4v) is 1.65. The number of hydrogen-bond donors (Lipinski definition) is 2. The molecular weight excluding hydrogens is 200 g/mol. The molecule has 3 nitrogen and oxygen atoms in total. The molecule has 3 heteroatoms. The van der Waals surface area contributed by atoms with Crippen LogP contribution in [0, 0.1) is 18.3 Å². The van der Waals surface area contributed by atoms with Crippen molar-refractivity contribution in [3.8, 4) is 6.07 Å². The second-order valence-corrected chi connectivity index (χ2v) is 3.93. The Bertz CT molecular complexity index is 382. The topological polar surface area (TPSA) is 56.0 Å². The van der Waals surface area contributed by atoms with Crippen molar-refractivity contribution in [1.29, 1.82) is 5.26 Å². The summed E-state index contributed by atoms with van der Waals surface area (Å²) in [7, 11) is 0. The number of para-hydroxylation sites is 1. The molecule has 2 N–H and O–H groups in total. The molecular formula is C13H18N2O. The summed E-state index contributed by atoms with van der Waals surface area (Å²) in [5.41, 5.74) is 2.49. The number of nitrogens with zero attached hydrogens (tertiary/aromatic N) is 1. The zero-order valence-corrected chi connectivity index (χ0v) is 9.83. The van der Waals surface area contributed by atoms with E-state index in [-0.39, 0.29) is 6.10 Å². The molecule has 0 saturated heterocycles. The predicted octanol–water partition coefficient (Wildman–Crippen LogP) is 2.44. The van der Waals surface area contributed by atoms with Crippen molar-refractivity contribution in [2.75, 3.05) is 11.9 Å². The first kappa shape index (κ1) is 12.5. The van der Waals surface area contributed by atoms with Gasteiger partial charge in [-0.2, -0.15) is 5.26 Å². The van der Waals surface area contributed by atoms with Crippen LogP contribution < -0.4 is 5.32 Å². The Kier molecular flexibility index (Phi) is 4.81. The Morgan fingerprint density at radius 1 is 1.50 bits per heavy atom. The second kappa shape index (κ2) is 6.14. The molecule has 1 aromatic carbocycles. The predicted molar refractivity (Wildman–Crippen MR) is 65.3 cm³/mol. The van der Waals surface area contributed by atoms with Crippen LogP contribution in [-0.2, 0) is 0 Å². The molecule has 0 heterocycles. The summed E-state index contributed by atoms with van der Waals surface area (Å²) in [5.74, 6) is 0. The quantitative estimate of drug-likeness (QED) is 0.798. The number of nitrogens with one attached hydrogen (secondary N) is 1. The van der Waals surface area contributed by atoms with Gasteiger partial charge in [0.25, 0.3) is 0 Å². The van der Waals surface area contributed by atoms with E-state index in [4.69, 9.17) is 5.26 Å². The summed E-state index contributed by atoms with van der Waals surface area (Å²) >= 11 is 0. The molecule has 0 aromatic heterocycles. The third kappa shape index (κ3) is 3.25. The summed E-state index contributed by atoms with van der Waals surface area (Å²) in [6.07, 6.45) is 1.39. The Morgan fingerprint density at radius 3 is 2.88 bits per heavy atom. The van der Waals surface area contributed by atoms with Crippen molar-refractivity contribution in [3.63, 3.8) is 0 Å². The van der Waals surface area contributed by atoms with E-state index in [0.29, 0.717) is 12.1 Å². The summed E-state index contributed by atoms with van der Waals surface area (Å²) in [6.45, 7) is 4.49. The molecule has 1 aromatic rings. The fourth-order valence-electron chi connectivity index (χ4n) is 1.65. The molecule has 1 atom stereocenters. The van der Waals surface area contributed by atoms with Crippen LogP contribution in [0.1, 0.15) is 30.9 Å². The first-order valence-electron chi connectivity index (χ1n) is 5.60. The summed E-state index contributed by atoms with van der Waals surface area (Å²) in [4.78, 5) is 0. The molecule has 0 aliphatic heterocycles. The minimum Gasteiger partial charge on any atom is -0.391 e. The molecule has 0 amide bonds. The van der Waals surface area contributed by atoms with Crippen molar-refractivity contribution in [2.24, 2.45) is 0 Å². The molecule has 86 valence electrons. The van der Waals surface area contributed by atoms with E-state index in [2.05, 4.69) is 11.4 Å². The molecule has 1 rings (SSSR count). The molecule has 0 aliphatic rings. The maximum Gasteiger partial charge on any atom is 0.101 e. The largest absolute Gasteiger partial charge is 0.391 e. The highest BCUT2D eigenvalue weighted by molar-refractivity contribution is 5.62. The monoisotopic (exact) mass is 218 g/mol. The van der Waals surface area contributed by atoms with E-state index in [1.807, 2.05) is 26.0 Å². The van der Waals surface area contributed by atoms with Gasteiger partial charge in [0, 0.05) is 6.54 Å². The van der Waals surface area contributed by atoms with Crippen molar-refractivity contribution < 1.29 is 5.11 Å². The number of anilines is 1. The van der Waals surface area contributed by atoms with E-state index in [1.54, 1.807) is 6.07 Å². The van der Waals surface area contributed by atoms with Gasteiger partial charge >= 0.3 is 0 Å². The number of aryl methyl sites for hydroxylation is 1. The average Bonchev–Trinajstić information content (AvgIpc) is 2.27. The minimum atomic E-state index is -0.351. The van der Waals surface area contributed by atoms with Gasteiger partial charge in [-0.3, -0.25) is 0 Å². The SMILES string of the molecule is CCCC(O)CNc1c(C)cccc1C#N. The molecule has 0 spiro atoms.